The molecule has 1 saturated heterocycles. The van der Waals surface area contributed by atoms with Crippen molar-refractivity contribution in [3.8, 4) is 5.75 Å². The van der Waals surface area contributed by atoms with Crippen LogP contribution in [0.1, 0.15) is 72.7 Å². The fraction of sp³-hybridized carbons (Fsp3) is 0.375. The van der Waals surface area contributed by atoms with E-state index in [4.69, 9.17) is 23.2 Å². The minimum Gasteiger partial charge on any atom is -0.506 e. The maximum atomic E-state index is 13.4. The predicted molar refractivity (Wildman–Crippen MR) is 170 cm³/mol. The number of pyridine rings is 1. The van der Waals surface area contributed by atoms with Crippen molar-refractivity contribution >= 4 is 52.4 Å². The van der Waals surface area contributed by atoms with Crippen molar-refractivity contribution in [1.82, 2.24) is 14.8 Å². The van der Waals surface area contributed by atoms with Gasteiger partial charge in [0.1, 0.15) is 11.6 Å². The van der Waals surface area contributed by atoms with E-state index in [-0.39, 0.29) is 39.7 Å². The normalized spacial score (nSPS) is 15.3. The molecule has 3 amide bonds. The molecule has 1 atom stereocenters. The molecule has 11 heteroatoms. The van der Waals surface area contributed by atoms with Crippen molar-refractivity contribution in [3.05, 3.63) is 81.5 Å². The van der Waals surface area contributed by atoms with E-state index in [9.17, 15) is 19.5 Å². The molecule has 2 heterocycles. The van der Waals surface area contributed by atoms with Crippen molar-refractivity contribution in [2.45, 2.75) is 58.5 Å². The molecule has 1 aliphatic heterocycles. The first-order chi connectivity index (χ1) is 20.4. The summed E-state index contributed by atoms with van der Waals surface area (Å²) >= 11 is 12.0. The van der Waals surface area contributed by atoms with Gasteiger partial charge in [-0.15, -0.1) is 0 Å². The van der Waals surface area contributed by atoms with Gasteiger partial charge in [-0.05, 0) is 76.4 Å². The number of piperidine rings is 1. The van der Waals surface area contributed by atoms with Crippen LogP contribution in [-0.4, -0.2) is 69.3 Å². The number of hydrogen-bond acceptors (Lipinski definition) is 6. The van der Waals surface area contributed by atoms with Crippen molar-refractivity contribution in [2.24, 2.45) is 0 Å². The van der Waals surface area contributed by atoms with Crippen LogP contribution in [0.3, 0.4) is 0 Å². The van der Waals surface area contributed by atoms with Gasteiger partial charge in [-0.2, -0.15) is 0 Å². The molecule has 0 saturated carbocycles. The number of carbonyl (C=O) groups excluding carboxylic acids is 3. The van der Waals surface area contributed by atoms with Gasteiger partial charge in [-0.25, -0.2) is 4.98 Å². The van der Waals surface area contributed by atoms with Gasteiger partial charge in [-0.3, -0.25) is 19.3 Å². The number of benzene rings is 2. The number of halogens is 2. The highest BCUT2D eigenvalue weighted by molar-refractivity contribution is 6.32. The Kier molecular flexibility index (Phi) is 10.7. The lowest BCUT2D eigenvalue weighted by atomic mass is 9.89. The van der Waals surface area contributed by atoms with E-state index in [1.807, 2.05) is 4.90 Å². The van der Waals surface area contributed by atoms with Crippen LogP contribution in [0, 0.1) is 0 Å². The Morgan fingerprint density at radius 3 is 2.33 bits per heavy atom. The monoisotopic (exact) mass is 625 g/mol. The molecule has 1 aliphatic rings. The topological polar surface area (TPSA) is 115 Å². The standard InChI is InChI=1S/C32H37Cl2N5O4/c1-19(2)39(20(3)4)15-14-38-13-5-6-25(32(38)43)21-7-9-22(10-8-21)30(41)37-29-26(16-24(34)17-27(29)40)31(42)36-28-12-11-23(33)18-35-28/h7-12,16-20,25,40H,5-6,13-15H2,1-4H3,(H,37,41)(H,35,36,42). The summed E-state index contributed by atoms with van der Waals surface area (Å²) in [6.45, 7) is 10.9. The zero-order chi connectivity index (χ0) is 31.3. The molecule has 0 bridgehead atoms. The summed E-state index contributed by atoms with van der Waals surface area (Å²) in [4.78, 5) is 48.0. The number of anilines is 2. The average Bonchev–Trinajstić information content (AvgIpc) is 2.96. The number of aromatic hydroxyl groups is 1. The van der Waals surface area contributed by atoms with E-state index in [1.54, 1.807) is 30.3 Å². The first kappa shape index (κ1) is 32.3. The summed E-state index contributed by atoms with van der Waals surface area (Å²) in [6, 6.07) is 13.3. The van der Waals surface area contributed by atoms with Crippen molar-refractivity contribution in [1.29, 1.82) is 0 Å². The SMILES string of the molecule is CC(C)N(CCN1CCCC(c2ccc(C(=O)Nc3c(O)cc(Cl)cc3C(=O)Nc3ccc(Cl)cn3)cc2)C1=O)C(C)C. The lowest BCUT2D eigenvalue weighted by Gasteiger charge is -2.36. The Balaban J connectivity index is 1.46. The van der Waals surface area contributed by atoms with E-state index in [1.165, 1.54) is 24.4 Å². The molecule has 1 fully saturated rings. The Bertz CT molecular complexity index is 1450. The molecule has 9 nitrogen and oxygen atoms in total. The largest absolute Gasteiger partial charge is 0.506 e. The maximum Gasteiger partial charge on any atom is 0.259 e. The molecule has 1 aromatic heterocycles. The highest BCUT2D eigenvalue weighted by Crippen LogP contribution is 2.33. The number of rotatable bonds is 10. The molecule has 4 rings (SSSR count). The zero-order valence-electron chi connectivity index (χ0n) is 24.7. The van der Waals surface area contributed by atoms with Crippen LogP contribution in [0.25, 0.3) is 0 Å². The quantitative estimate of drug-likeness (QED) is 0.224. The third kappa shape index (κ3) is 8.04. The van der Waals surface area contributed by atoms with E-state index < -0.39 is 11.8 Å². The van der Waals surface area contributed by atoms with Crippen LogP contribution in [0.2, 0.25) is 10.0 Å². The van der Waals surface area contributed by atoms with Gasteiger partial charge >= 0.3 is 0 Å². The second-order valence-corrected chi connectivity index (χ2v) is 12.1. The van der Waals surface area contributed by atoms with Gasteiger partial charge < -0.3 is 20.6 Å². The Morgan fingerprint density at radius 1 is 1.00 bits per heavy atom. The Hall–Kier alpha value is -3.66. The minimum atomic E-state index is -0.636. The van der Waals surface area contributed by atoms with Crippen LogP contribution < -0.4 is 10.6 Å². The van der Waals surface area contributed by atoms with E-state index in [2.05, 4.69) is 48.2 Å². The number of likely N-dealkylation sites (tertiary alicyclic amines) is 1. The van der Waals surface area contributed by atoms with E-state index in [0.29, 0.717) is 29.2 Å². The third-order valence-corrected chi connectivity index (χ3v) is 8.04. The molecule has 3 N–H and O–H groups in total. The van der Waals surface area contributed by atoms with Crippen LogP contribution in [-0.2, 0) is 4.79 Å². The first-order valence-electron chi connectivity index (χ1n) is 14.4. The molecule has 3 aromatic rings. The molecular formula is C32H37Cl2N5O4. The highest BCUT2D eigenvalue weighted by atomic mass is 35.5. The minimum absolute atomic E-state index is 0.0480. The molecule has 2 aromatic carbocycles. The summed E-state index contributed by atoms with van der Waals surface area (Å²) in [7, 11) is 0. The van der Waals surface area contributed by atoms with Crippen LogP contribution >= 0.6 is 23.2 Å². The second kappa shape index (κ2) is 14.2. The fourth-order valence-electron chi connectivity index (χ4n) is 5.41. The van der Waals surface area contributed by atoms with Gasteiger partial charge in [-0.1, -0.05) is 35.3 Å². The molecule has 1 unspecified atom stereocenters. The fourth-order valence-corrected chi connectivity index (χ4v) is 5.73. The van der Waals surface area contributed by atoms with Crippen molar-refractivity contribution < 1.29 is 19.5 Å². The van der Waals surface area contributed by atoms with Crippen LogP contribution in [0.15, 0.2) is 54.7 Å². The first-order valence-corrected chi connectivity index (χ1v) is 15.1. The Morgan fingerprint density at radius 2 is 1.70 bits per heavy atom. The summed E-state index contributed by atoms with van der Waals surface area (Å²) in [5, 5.41) is 16.3. The number of aromatic nitrogens is 1. The highest BCUT2D eigenvalue weighted by Gasteiger charge is 2.30. The van der Waals surface area contributed by atoms with Crippen molar-refractivity contribution in [2.75, 3.05) is 30.3 Å². The van der Waals surface area contributed by atoms with Gasteiger partial charge in [0.05, 0.1) is 22.2 Å². The van der Waals surface area contributed by atoms with Gasteiger partial charge in [0, 0.05) is 54.6 Å². The molecule has 43 heavy (non-hydrogen) atoms. The lowest BCUT2D eigenvalue weighted by molar-refractivity contribution is -0.135. The second-order valence-electron chi connectivity index (χ2n) is 11.2. The van der Waals surface area contributed by atoms with Gasteiger partial charge in [0.15, 0.2) is 0 Å². The van der Waals surface area contributed by atoms with Gasteiger partial charge in [0.2, 0.25) is 5.91 Å². The zero-order valence-corrected chi connectivity index (χ0v) is 26.2. The number of nitrogens with one attached hydrogen (secondary N) is 2. The smallest absolute Gasteiger partial charge is 0.259 e. The number of hydrogen-bond donors (Lipinski definition) is 3. The van der Waals surface area contributed by atoms with Gasteiger partial charge in [0.25, 0.3) is 11.8 Å². The number of nitrogens with zero attached hydrogens (tertiary/aromatic N) is 3. The molecule has 0 aliphatic carbocycles. The molecule has 228 valence electrons. The number of amides is 3. The third-order valence-electron chi connectivity index (χ3n) is 7.59. The number of phenolic OH excluding ortho intramolecular Hbond substituents is 1. The summed E-state index contributed by atoms with van der Waals surface area (Å²) < 4.78 is 0. The Labute approximate surface area is 262 Å². The van der Waals surface area contributed by atoms with E-state index in [0.717, 1.165) is 31.5 Å². The average molecular weight is 627 g/mol. The molecular weight excluding hydrogens is 589 g/mol. The number of phenols is 1. The summed E-state index contributed by atoms with van der Waals surface area (Å²) in [5.74, 6) is -1.48. The van der Waals surface area contributed by atoms with Crippen molar-refractivity contribution in [3.63, 3.8) is 0 Å². The predicted octanol–water partition coefficient (Wildman–Crippen LogP) is 6.42. The maximum absolute atomic E-state index is 13.4. The van der Waals surface area contributed by atoms with E-state index >= 15 is 0 Å². The molecule has 0 radical (unpaired) electrons. The summed E-state index contributed by atoms with van der Waals surface area (Å²) in [6.07, 6.45) is 3.04. The van der Waals surface area contributed by atoms with Crippen LogP contribution in [0.4, 0.5) is 11.5 Å². The van der Waals surface area contributed by atoms with Crippen LogP contribution in [0.5, 0.6) is 5.75 Å². The lowest BCUT2D eigenvalue weighted by Crippen LogP contribution is -2.47. The molecule has 0 spiro atoms. The summed E-state index contributed by atoms with van der Waals surface area (Å²) in [5.41, 5.74) is 1.00. The number of carbonyl (C=O) groups is 3.